The second kappa shape index (κ2) is 9.27. The Kier molecular flexibility index (Phi) is 6.08. The molecular weight excluding hydrogens is 416 g/mol. The van der Waals surface area contributed by atoms with Crippen LogP contribution in [-0.4, -0.2) is 33.9 Å². The zero-order valence-electron chi connectivity index (χ0n) is 18.4. The van der Waals surface area contributed by atoms with Gasteiger partial charge in [0.05, 0.1) is 23.3 Å². The Bertz CT molecular complexity index is 1350. The highest BCUT2D eigenvalue weighted by Crippen LogP contribution is 2.25. The van der Waals surface area contributed by atoms with Crippen molar-refractivity contribution in [3.05, 3.63) is 102 Å². The van der Waals surface area contributed by atoms with Crippen LogP contribution in [0.15, 0.2) is 90.4 Å². The fourth-order valence-corrected chi connectivity index (χ4v) is 3.53. The van der Waals surface area contributed by atoms with Crippen molar-refractivity contribution in [3.8, 4) is 23.0 Å². The first kappa shape index (κ1) is 21.6. The first-order valence-corrected chi connectivity index (χ1v) is 10.3. The quantitative estimate of drug-likeness (QED) is 0.352. The molecule has 4 rings (SSSR count). The largest absolute Gasteiger partial charge is 0.439 e. The molecule has 0 aliphatic carbocycles. The summed E-state index contributed by atoms with van der Waals surface area (Å²) < 4.78 is 8.74. The number of hydrogen-bond donors (Lipinski definition) is 3. The molecule has 0 aliphatic rings. The van der Waals surface area contributed by atoms with Crippen molar-refractivity contribution in [2.24, 2.45) is 0 Å². The van der Waals surface area contributed by atoms with Crippen molar-refractivity contribution in [3.63, 3.8) is 0 Å². The molecule has 0 amide bonds. The lowest BCUT2D eigenvalue weighted by atomic mass is 10.2. The van der Waals surface area contributed by atoms with Crippen molar-refractivity contribution < 1.29 is 4.74 Å². The van der Waals surface area contributed by atoms with E-state index in [0.717, 1.165) is 5.69 Å². The van der Waals surface area contributed by atoms with E-state index in [1.165, 1.54) is 15.2 Å². The van der Waals surface area contributed by atoms with Crippen molar-refractivity contribution in [2.75, 3.05) is 24.7 Å². The van der Waals surface area contributed by atoms with Crippen molar-refractivity contribution >= 4 is 17.2 Å². The van der Waals surface area contributed by atoms with Gasteiger partial charge in [-0.3, -0.25) is 9.98 Å². The summed E-state index contributed by atoms with van der Waals surface area (Å²) in [4.78, 5) is 18.0. The second-order valence-electron chi connectivity index (χ2n) is 7.09. The van der Waals surface area contributed by atoms with Gasteiger partial charge < -0.3 is 15.4 Å². The summed E-state index contributed by atoms with van der Waals surface area (Å²) in [5.74, 6) is 1.54. The number of nitrogens with one attached hydrogen (secondary N) is 3. The number of anilines is 2. The van der Waals surface area contributed by atoms with Crippen LogP contribution in [-0.2, 0) is 0 Å². The Hall–Kier alpha value is -4.59. The minimum Gasteiger partial charge on any atom is -0.439 e. The van der Waals surface area contributed by atoms with Gasteiger partial charge in [0.15, 0.2) is 0 Å². The summed E-state index contributed by atoms with van der Waals surface area (Å²) in [6.45, 7) is 3.72. The Morgan fingerprint density at radius 3 is 2.42 bits per heavy atom. The molecular formula is C25H24N6O2. The number of imidazole rings is 1. The minimum absolute atomic E-state index is 0.101. The molecule has 0 spiro atoms. The van der Waals surface area contributed by atoms with E-state index in [9.17, 15) is 4.79 Å². The summed E-state index contributed by atoms with van der Waals surface area (Å²) >= 11 is 0. The van der Waals surface area contributed by atoms with Gasteiger partial charge >= 0.3 is 5.69 Å². The summed E-state index contributed by atoms with van der Waals surface area (Å²) in [7, 11) is 3.53. The molecule has 8 nitrogen and oxygen atoms in total. The standard InChI is InChI=1S/C25H24N6O2/c1-4-21(26)23-24(28-3)31(18-10-8-9-17(15-18)27-2)25(32)30(23)19-13-14-22(29-16-19)33-20-11-6-5-7-12-20/h4-16,26-28H,1H2,2-3H3. The molecule has 0 unspecified atom stereocenters. The number of aromatic nitrogens is 3. The molecule has 2 aromatic carbocycles. The van der Waals surface area contributed by atoms with Gasteiger partial charge in [-0.1, -0.05) is 30.8 Å². The summed E-state index contributed by atoms with van der Waals surface area (Å²) in [6.07, 6.45) is 2.95. The monoisotopic (exact) mass is 440 g/mol. The Morgan fingerprint density at radius 1 is 1.00 bits per heavy atom. The molecule has 8 heteroatoms. The second-order valence-corrected chi connectivity index (χ2v) is 7.09. The topological polar surface area (TPSA) is 97.0 Å². The van der Waals surface area contributed by atoms with E-state index < -0.39 is 0 Å². The predicted molar refractivity (Wildman–Crippen MR) is 132 cm³/mol. The number of nitrogens with zero attached hydrogens (tertiary/aromatic N) is 3. The van der Waals surface area contributed by atoms with Gasteiger partial charge in [-0.2, -0.15) is 0 Å². The Balaban J connectivity index is 1.85. The van der Waals surface area contributed by atoms with Crippen molar-refractivity contribution in [1.29, 1.82) is 5.41 Å². The molecule has 0 radical (unpaired) electrons. The first-order valence-electron chi connectivity index (χ1n) is 10.3. The van der Waals surface area contributed by atoms with E-state index in [4.69, 9.17) is 10.1 Å². The summed E-state index contributed by atoms with van der Waals surface area (Å²) in [6, 6.07) is 20.2. The maximum atomic E-state index is 13.6. The third-order valence-electron chi connectivity index (χ3n) is 5.09. The molecule has 0 saturated heterocycles. The highest BCUT2D eigenvalue weighted by atomic mass is 16.5. The highest BCUT2D eigenvalue weighted by molar-refractivity contribution is 6.08. The molecule has 4 aromatic rings. The molecule has 2 heterocycles. The van der Waals surface area contributed by atoms with E-state index in [2.05, 4.69) is 22.2 Å². The van der Waals surface area contributed by atoms with Crippen LogP contribution < -0.4 is 21.1 Å². The van der Waals surface area contributed by atoms with Gasteiger partial charge in [0.2, 0.25) is 5.88 Å². The van der Waals surface area contributed by atoms with Crippen molar-refractivity contribution in [2.45, 2.75) is 0 Å². The van der Waals surface area contributed by atoms with Crippen LogP contribution in [0.1, 0.15) is 5.69 Å². The molecule has 0 aliphatic heterocycles. The van der Waals surface area contributed by atoms with Crippen LogP contribution >= 0.6 is 0 Å². The maximum absolute atomic E-state index is 13.6. The van der Waals surface area contributed by atoms with Gasteiger partial charge in [0, 0.05) is 25.8 Å². The number of hydrogen-bond acceptors (Lipinski definition) is 6. The highest BCUT2D eigenvalue weighted by Gasteiger charge is 2.24. The third-order valence-corrected chi connectivity index (χ3v) is 5.09. The lowest BCUT2D eigenvalue weighted by molar-refractivity contribution is 0.463. The van der Waals surface area contributed by atoms with Crippen LogP contribution in [0.4, 0.5) is 11.5 Å². The Morgan fingerprint density at radius 2 is 1.79 bits per heavy atom. The molecule has 0 fully saturated rings. The Labute approximate surface area is 191 Å². The van der Waals surface area contributed by atoms with E-state index >= 15 is 0 Å². The van der Waals surface area contributed by atoms with E-state index in [1.807, 2.05) is 61.6 Å². The molecule has 166 valence electrons. The zero-order chi connectivity index (χ0) is 23.4. The molecule has 33 heavy (non-hydrogen) atoms. The normalized spacial score (nSPS) is 10.5. The van der Waals surface area contributed by atoms with Gasteiger partial charge in [-0.25, -0.2) is 14.3 Å². The molecule has 0 saturated carbocycles. The van der Waals surface area contributed by atoms with Crippen LogP contribution in [0.25, 0.3) is 11.4 Å². The predicted octanol–water partition coefficient (Wildman–Crippen LogP) is 4.45. The third kappa shape index (κ3) is 4.14. The van der Waals surface area contributed by atoms with E-state index in [-0.39, 0.29) is 11.4 Å². The van der Waals surface area contributed by atoms with Gasteiger partial charge in [0.25, 0.3) is 0 Å². The summed E-state index contributed by atoms with van der Waals surface area (Å²) in [5.41, 5.74) is 2.16. The number of pyridine rings is 1. The van der Waals surface area contributed by atoms with E-state index in [0.29, 0.717) is 34.5 Å². The van der Waals surface area contributed by atoms with Crippen LogP contribution in [0, 0.1) is 5.41 Å². The van der Waals surface area contributed by atoms with E-state index in [1.54, 1.807) is 25.4 Å². The average Bonchev–Trinajstić information content (AvgIpc) is 3.16. The average molecular weight is 441 g/mol. The van der Waals surface area contributed by atoms with Crippen molar-refractivity contribution in [1.82, 2.24) is 14.1 Å². The number of allylic oxidation sites excluding steroid dienone is 1. The smallest absolute Gasteiger partial charge is 0.339 e. The maximum Gasteiger partial charge on any atom is 0.339 e. The van der Waals surface area contributed by atoms with Gasteiger partial charge in [0.1, 0.15) is 17.3 Å². The van der Waals surface area contributed by atoms with Gasteiger partial charge in [-0.05, 0) is 42.5 Å². The first-order chi connectivity index (χ1) is 16.1. The summed E-state index contributed by atoms with van der Waals surface area (Å²) in [5, 5.41) is 14.6. The lowest BCUT2D eigenvalue weighted by Gasteiger charge is -2.10. The van der Waals surface area contributed by atoms with Crippen LogP contribution in [0.2, 0.25) is 0 Å². The fraction of sp³-hybridized carbons (Fsp3) is 0.0800. The number of benzene rings is 2. The molecule has 2 aromatic heterocycles. The SMILES string of the molecule is C=CC(=N)c1c(NC)n(-c2cccc(NC)c2)c(=O)n1-c1ccc(Oc2ccccc2)nc1. The molecule has 0 atom stereocenters. The fourth-order valence-electron chi connectivity index (χ4n) is 3.53. The van der Waals surface area contributed by atoms with Crippen LogP contribution in [0.3, 0.4) is 0 Å². The number of rotatable bonds is 8. The van der Waals surface area contributed by atoms with Gasteiger partial charge in [-0.15, -0.1) is 0 Å². The molecule has 3 N–H and O–H groups in total. The number of para-hydroxylation sites is 1. The lowest BCUT2D eigenvalue weighted by Crippen LogP contribution is -2.24. The zero-order valence-corrected chi connectivity index (χ0v) is 18.4. The molecule has 0 bridgehead atoms. The minimum atomic E-state index is -0.340. The van der Waals surface area contributed by atoms with Crippen LogP contribution in [0.5, 0.6) is 11.6 Å². The number of ether oxygens (including phenoxy) is 1.